The summed E-state index contributed by atoms with van der Waals surface area (Å²) in [6.45, 7) is 6.18. The largest absolute Gasteiger partial charge is 0.490 e. The van der Waals surface area contributed by atoms with Crippen LogP contribution in [0, 0.1) is 13.8 Å². The first kappa shape index (κ1) is 15.1. The van der Waals surface area contributed by atoms with Crippen LogP contribution < -0.4 is 9.64 Å². The highest BCUT2D eigenvalue weighted by molar-refractivity contribution is 5.88. The first-order valence-corrected chi connectivity index (χ1v) is 8.62. The van der Waals surface area contributed by atoms with E-state index in [1.807, 2.05) is 18.3 Å². The highest BCUT2D eigenvalue weighted by Crippen LogP contribution is 2.29. The zero-order valence-corrected chi connectivity index (χ0v) is 14.2. The van der Waals surface area contributed by atoms with Gasteiger partial charge < -0.3 is 14.6 Å². The molecule has 1 aliphatic heterocycles. The van der Waals surface area contributed by atoms with Gasteiger partial charge in [0, 0.05) is 37.8 Å². The van der Waals surface area contributed by atoms with Gasteiger partial charge >= 0.3 is 0 Å². The molecule has 0 saturated carbocycles. The van der Waals surface area contributed by atoms with Crippen molar-refractivity contribution in [3.8, 4) is 5.75 Å². The van der Waals surface area contributed by atoms with Gasteiger partial charge in [-0.15, -0.1) is 0 Å². The van der Waals surface area contributed by atoms with Crippen LogP contribution in [-0.2, 0) is 0 Å². The summed E-state index contributed by atoms with van der Waals surface area (Å²) < 4.78 is 6.22. The molecule has 0 unspecified atom stereocenters. The van der Waals surface area contributed by atoms with E-state index in [1.165, 1.54) is 11.3 Å². The SMILES string of the molecule is Cc1cc(N2CCC(Oc3ccccc3C)CC2)c2[nH]ccc2n1. The van der Waals surface area contributed by atoms with Crippen molar-refractivity contribution in [1.82, 2.24) is 9.97 Å². The number of rotatable bonds is 3. The summed E-state index contributed by atoms with van der Waals surface area (Å²) in [4.78, 5) is 10.4. The quantitative estimate of drug-likeness (QED) is 0.785. The molecule has 3 aromatic rings. The van der Waals surface area contributed by atoms with Gasteiger partial charge in [-0.2, -0.15) is 0 Å². The Morgan fingerprint density at radius 1 is 1.12 bits per heavy atom. The van der Waals surface area contributed by atoms with Gasteiger partial charge in [-0.25, -0.2) is 0 Å². The van der Waals surface area contributed by atoms with Crippen LogP contribution in [0.5, 0.6) is 5.75 Å². The van der Waals surface area contributed by atoms with Crippen molar-refractivity contribution in [1.29, 1.82) is 0 Å². The van der Waals surface area contributed by atoms with Crippen molar-refractivity contribution < 1.29 is 4.74 Å². The lowest BCUT2D eigenvalue weighted by molar-refractivity contribution is 0.170. The topological polar surface area (TPSA) is 41.1 Å². The third-order valence-corrected chi connectivity index (χ3v) is 4.79. The summed E-state index contributed by atoms with van der Waals surface area (Å²) in [5, 5.41) is 0. The average molecular weight is 321 g/mol. The monoisotopic (exact) mass is 321 g/mol. The maximum absolute atomic E-state index is 6.22. The van der Waals surface area contributed by atoms with Crippen LogP contribution in [0.1, 0.15) is 24.1 Å². The third-order valence-electron chi connectivity index (χ3n) is 4.79. The van der Waals surface area contributed by atoms with Gasteiger partial charge in [0.05, 0.1) is 16.7 Å². The Labute approximate surface area is 142 Å². The minimum atomic E-state index is 0.296. The Balaban J connectivity index is 1.48. The fraction of sp³-hybridized carbons (Fsp3) is 0.350. The number of hydrogen-bond acceptors (Lipinski definition) is 3. The normalized spacial score (nSPS) is 15.8. The number of H-pyrrole nitrogens is 1. The standard InChI is InChI=1S/C20H23N3O/c1-14-5-3-4-6-19(14)24-16-8-11-23(12-9-16)18-13-15(2)22-17-7-10-21-20(17)18/h3-7,10,13,16,21H,8-9,11-12H2,1-2H3. The zero-order valence-electron chi connectivity index (χ0n) is 14.2. The smallest absolute Gasteiger partial charge is 0.122 e. The molecule has 24 heavy (non-hydrogen) atoms. The van der Waals surface area contributed by atoms with Crippen LogP contribution >= 0.6 is 0 Å². The van der Waals surface area contributed by atoms with Crippen LogP contribution in [0.3, 0.4) is 0 Å². The number of aromatic nitrogens is 2. The molecule has 4 nitrogen and oxygen atoms in total. The number of benzene rings is 1. The van der Waals surface area contributed by atoms with E-state index in [9.17, 15) is 0 Å². The molecule has 0 radical (unpaired) electrons. The number of aryl methyl sites for hydroxylation is 2. The maximum Gasteiger partial charge on any atom is 0.122 e. The van der Waals surface area contributed by atoms with E-state index in [0.29, 0.717) is 6.10 Å². The van der Waals surface area contributed by atoms with E-state index in [2.05, 4.69) is 53.0 Å². The molecule has 0 amide bonds. The van der Waals surface area contributed by atoms with Gasteiger partial charge in [-0.05, 0) is 37.6 Å². The van der Waals surface area contributed by atoms with Crippen molar-refractivity contribution in [2.45, 2.75) is 32.8 Å². The number of para-hydroxylation sites is 1. The lowest BCUT2D eigenvalue weighted by atomic mass is 10.1. The number of nitrogens with zero attached hydrogens (tertiary/aromatic N) is 2. The van der Waals surface area contributed by atoms with Crippen molar-refractivity contribution in [2.24, 2.45) is 0 Å². The third kappa shape index (κ3) is 2.84. The Bertz CT molecular complexity index is 847. The zero-order chi connectivity index (χ0) is 16.5. The second kappa shape index (κ2) is 6.19. The number of ether oxygens (including phenoxy) is 1. The average Bonchev–Trinajstić information content (AvgIpc) is 3.05. The molecule has 1 aliphatic rings. The lowest BCUT2D eigenvalue weighted by Gasteiger charge is -2.34. The van der Waals surface area contributed by atoms with E-state index in [1.54, 1.807) is 0 Å². The Morgan fingerprint density at radius 2 is 1.92 bits per heavy atom. The van der Waals surface area contributed by atoms with Gasteiger partial charge in [0.2, 0.25) is 0 Å². The second-order valence-corrected chi connectivity index (χ2v) is 6.59. The van der Waals surface area contributed by atoms with Crippen LogP contribution in [0.25, 0.3) is 11.0 Å². The van der Waals surface area contributed by atoms with Crippen molar-refractivity contribution in [3.05, 3.63) is 53.9 Å². The van der Waals surface area contributed by atoms with E-state index < -0.39 is 0 Å². The minimum absolute atomic E-state index is 0.296. The van der Waals surface area contributed by atoms with Crippen molar-refractivity contribution in [3.63, 3.8) is 0 Å². The van der Waals surface area contributed by atoms with Gasteiger partial charge in [-0.1, -0.05) is 18.2 Å². The summed E-state index contributed by atoms with van der Waals surface area (Å²) in [5.74, 6) is 1.02. The number of aromatic amines is 1. The van der Waals surface area contributed by atoms with Crippen molar-refractivity contribution in [2.75, 3.05) is 18.0 Å². The summed E-state index contributed by atoms with van der Waals surface area (Å²) in [5.41, 5.74) is 5.71. The number of pyridine rings is 1. The van der Waals surface area contributed by atoms with Crippen molar-refractivity contribution >= 4 is 16.7 Å². The van der Waals surface area contributed by atoms with Gasteiger partial charge in [-0.3, -0.25) is 4.98 Å². The summed E-state index contributed by atoms with van der Waals surface area (Å²) in [6, 6.07) is 12.5. The van der Waals surface area contributed by atoms with Crippen LogP contribution in [-0.4, -0.2) is 29.2 Å². The molecule has 1 N–H and O–H groups in total. The molecule has 4 rings (SSSR count). The van der Waals surface area contributed by atoms with Crippen LogP contribution in [0.2, 0.25) is 0 Å². The highest BCUT2D eigenvalue weighted by atomic mass is 16.5. The molecule has 1 saturated heterocycles. The van der Waals surface area contributed by atoms with Crippen LogP contribution in [0.15, 0.2) is 42.6 Å². The summed E-state index contributed by atoms with van der Waals surface area (Å²) in [6.07, 6.45) is 4.34. The Hall–Kier alpha value is -2.49. The van der Waals surface area contributed by atoms with Gasteiger partial charge in [0.25, 0.3) is 0 Å². The predicted octanol–water partition coefficient (Wildman–Crippen LogP) is 4.23. The van der Waals surface area contributed by atoms with E-state index in [-0.39, 0.29) is 0 Å². The van der Waals surface area contributed by atoms with E-state index in [0.717, 1.165) is 48.4 Å². The fourth-order valence-electron chi connectivity index (χ4n) is 3.48. The molecular formula is C20H23N3O. The number of hydrogen-bond donors (Lipinski definition) is 1. The molecule has 0 aliphatic carbocycles. The molecule has 124 valence electrons. The van der Waals surface area contributed by atoms with E-state index >= 15 is 0 Å². The molecule has 0 bridgehead atoms. The molecule has 1 fully saturated rings. The number of piperidine rings is 1. The second-order valence-electron chi connectivity index (χ2n) is 6.59. The first-order valence-electron chi connectivity index (χ1n) is 8.62. The highest BCUT2D eigenvalue weighted by Gasteiger charge is 2.23. The number of fused-ring (bicyclic) bond motifs is 1. The van der Waals surface area contributed by atoms with E-state index in [4.69, 9.17) is 4.74 Å². The Kier molecular flexibility index (Phi) is 3.89. The fourth-order valence-corrected chi connectivity index (χ4v) is 3.48. The summed E-state index contributed by atoms with van der Waals surface area (Å²) >= 11 is 0. The van der Waals surface area contributed by atoms with Crippen LogP contribution in [0.4, 0.5) is 5.69 Å². The van der Waals surface area contributed by atoms with Gasteiger partial charge in [0.15, 0.2) is 0 Å². The molecule has 0 spiro atoms. The summed E-state index contributed by atoms with van der Waals surface area (Å²) in [7, 11) is 0. The molecule has 4 heteroatoms. The minimum Gasteiger partial charge on any atom is -0.490 e. The lowest BCUT2D eigenvalue weighted by Crippen LogP contribution is -2.38. The first-order chi connectivity index (χ1) is 11.7. The number of anilines is 1. The maximum atomic E-state index is 6.22. The molecule has 1 aromatic carbocycles. The predicted molar refractivity (Wildman–Crippen MR) is 97.9 cm³/mol. The van der Waals surface area contributed by atoms with Gasteiger partial charge in [0.1, 0.15) is 11.9 Å². The molecule has 0 atom stereocenters. The Morgan fingerprint density at radius 3 is 2.71 bits per heavy atom. The molecule has 3 heterocycles. The molecular weight excluding hydrogens is 298 g/mol. The molecule has 2 aromatic heterocycles. The number of nitrogens with one attached hydrogen (secondary N) is 1.